The van der Waals surface area contributed by atoms with Gasteiger partial charge in [-0.2, -0.15) is 4.98 Å². The Bertz CT molecular complexity index is 389. The van der Waals surface area contributed by atoms with Crippen molar-refractivity contribution in [2.24, 2.45) is 5.92 Å². The molecule has 1 fully saturated rings. The summed E-state index contributed by atoms with van der Waals surface area (Å²) in [5.41, 5.74) is 0. The van der Waals surface area contributed by atoms with Gasteiger partial charge in [-0.3, -0.25) is 0 Å². The Morgan fingerprint density at radius 2 is 2.12 bits per heavy atom. The third kappa shape index (κ3) is 3.44. The van der Waals surface area contributed by atoms with Crippen LogP contribution in [0.4, 0.5) is 5.82 Å². The van der Waals surface area contributed by atoms with E-state index in [2.05, 4.69) is 15.3 Å². The number of hydrogen-bond donors (Lipinski definition) is 2. The van der Waals surface area contributed by atoms with Crippen molar-refractivity contribution in [2.45, 2.75) is 31.8 Å². The Labute approximate surface area is 110 Å². The summed E-state index contributed by atoms with van der Waals surface area (Å²) in [6.07, 6.45) is 5.43. The molecule has 2 rings (SSSR count). The van der Waals surface area contributed by atoms with Gasteiger partial charge in [0, 0.05) is 12.5 Å². The maximum Gasteiger partial charge on any atom is 0.224 e. The number of halogens is 2. The predicted octanol–water partition coefficient (Wildman–Crippen LogP) is 2.75. The molecule has 2 atom stereocenters. The van der Waals surface area contributed by atoms with E-state index >= 15 is 0 Å². The lowest BCUT2D eigenvalue weighted by Crippen LogP contribution is -2.30. The molecule has 1 aliphatic carbocycles. The summed E-state index contributed by atoms with van der Waals surface area (Å²) in [4.78, 5) is 7.79. The Kier molecular flexibility index (Phi) is 4.42. The zero-order chi connectivity index (χ0) is 12.3. The van der Waals surface area contributed by atoms with Crippen molar-refractivity contribution in [3.8, 4) is 0 Å². The molecule has 0 amide bonds. The van der Waals surface area contributed by atoms with E-state index in [0.717, 1.165) is 19.3 Å². The molecule has 94 valence electrons. The highest BCUT2D eigenvalue weighted by Crippen LogP contribution is 2.26. The van der Waals surface area contributed by atoms with Crippen molar-refractivity contribution in [1.29, 1.82) is 0 Å². The van der Waals surface area contributed by atoms with E-state index in [1.54, 1.807) is 0 Å². The van der Waals surface area contributed by atoms with Gasteiger partial charge in [0.1, 0.15) is 10.8 Å². The molecule has 2 N–H and O–H groups in total. The van der Waals surface area contributed by atoms with Crippen LogP contribution in [0, 0.1) is 5.92 Å². The summed E-state index contributed by atoms with van der Waals surface area (Å²) in [5, 5.41) is 13.6. The van der Waals surface area contributed by atoms with E-state index < -0.39 is 0 Å². The quantitative estimate of drug-likeness (QED) is 0.833. The second-order valence-corrected chi connectivity index (χ2v) is 5.07. The molecular formula is C11H15Cl2N3O. The Morgan fingerprint density at radius 1 is 1.35 bits per heavy atom. The normalized spacial score (nSPS) is 24.6. The summed E-state index contributed by atoms with van der Waals surface area (Å²) in [7, 11) is 0. The molecule has 1 saturated carbocycles. The van der Waals surface area contributed by atoms with E-state index in [1.807, 2.05) is 0 Å². The van der Waals surface area contributed by atoms with Crippen molar-refractivity contribution in [3.63, 3.8) is 0 Å². The molecular weight excluding hydrogens is 261 g/mol. The smallest absolute Gasteiger partial charge is 0.224 e. The number of nitrogens with zero attached hydrogens (tertiary/aromatic N) is 2. The lowest BCUT2D eigenvalue weighted by atomic mass is 9.86. The highest BCUT2D eigenvalue weighted by molar-refractivity contribution is 6.33. The second-order valence-electron chi connectivity index (χ2n) is 4.33. The van der Waals surface area contributed by atoms with Gasteiger partial charge in [0.2, 0.25) is 5.28 Å². The largest absolute Gasteiger partial charge is 0.393 e. The molecule has 1 heterocycles. The van der Waals surface area contributed by atoms with Crippen LogP contribution in [0.3, 0.4) is 0 Å². The first kappa shape index (κ1) is 12.9. The van der Waals surface area contributed by atoms with E-state index in [4.69, 9.17) is 23.2 Å². The summed E-state index contributed by atoms with van der Waals surface area (Å²) in [6.45, 7) is 0.661. The third-order valence-electron chi connectivity index (χ3n) is 3.12. The topological polar surface area (TPSA) is 58.0 Å². The first-order valence-electron chi connectivity index (χ1n) is 5.77. The number of aromatic nitrogens is 2. The SMILES string of the molecule is OC1CCCCC1CNc1nc(Cl)ncc1Cl. The monoisotopic (exact) mass is 275 g/mol. The number of hydrogen-bond acceptors (Lipinski definition) is 4. The van der Waals surface area contributed by atoms with E-state index in [9.17, 15) is 5.11 Å². The van der Waals surface area contributed by atoms with Gasteiger partial charge in [-0.15, -0.1) is 0 Å². The van der Waals surface area contributed by atoms with Crippen LogP contribution in [0.5, 0.6) is 0 Å². The van der Waals surface area contributed by atoms with E-state index in [-0.39, 0.29) is 17.3 Å². The number of aliphatic hydroxyl groups excluding tert-OH is 1. The lowest BCUT2D eigenvalue weighted by Gasteiger charge is -2.27. The molecule has 0 aromatic carbocycles. The molecule has 0 spiro atoms. The predicted molar refractivity (Wildman–Crippen MR) is 68.5 cm³/mol. The summed E-state index contributed by atoms with van der Waals surface area (Å²) >= 11 is 11.6. The Balaban J connectivity index is 1.94. The van der Waals surface area contributed by atoms with Crippen LogP contribution in [0.15, 0.2) is 6.20 Å². The third-order valence-corrected chi connectivity index (χ3v) is 3.57. The zero-order valence-corrected chi connectivity index (χ0v) is 10.9. The summed E-state index contributed by atoms with van der Waals surface area (Å²) in [6, 6.07) is 0. The van der Waals surface area contributed by atoms with Gasteiger partial charge in [0.25, 0.3) is 0 Å². The van der Waals surface area contributed by atoms with Crippen molar-refractivity contribution in [1.82, 2.24) is 9.97 Å². The van der Waals surface area contributed by atoms with Crippen LogP contribution in [-0.4, -0.2) is 27.7 Å². The minimum atomic E-state index is -0.229. The molecule has 4 nitrogen and oxygen atoms in total. The highest BCUT2D eigenvalue weighted by Gasteiger charge is 2.22. The molecule has 1 aromatic heterocycles. The van der Waals surface area contributed by atoms with Gasteiger partial charge in [-0.1, -0.05) is 24.4 Å². The molecule has 6 heteroatoms. The molecule has 0 radical (unpaired) electrons. The summed E-state index contributed by atoms with van der Waals surface area (Å²) in [5.74, 6) is 0.790. The van der Waals surface area contributed by atoms with Gasteiger partial charge in [0.05, 0.1) is 12.3 Å². The van der Waals surface area contributed by atoms with Crippen molar-refractivity contribution < 1.29 is 5.11 Å². The van der Waals surface area contributed by atoms with Crippen LogP contribution < -0.4 is 5.32 Å². The molecule has 17 heavy (non-hydrogen) atoms. The fourth-order valence-corrected chi connectivity index (χ4v) is 2.41. The number of rotatable bonds is 3. The fraction of sp³-hybridized carbons (Fsp3) is 0.636. The Hall–Kier alpha value is -0.580. The standard InChI is InChI=1S/C11H15Cl2N3O/c12-8-6-15-11(13)16-10(8)14-5-7-3-1-2-4-9(7)17/h6-7,9,17H,1-5H2,(H,14,15,16). The average molecular weight is 276 g/mol. The van der Waals surface area contributed by atoms with Crippen molar-refractivity contribution in [3.05, 3.63) is 16.5 Å². The molecule has 1 aliphatic rings. The van der Waals surface area contributed by atoms with Crippen molar-refractivity contribution >= 4 is 29.0 Å². The fourth-order valence-electron chi connectivity index (χ4n) is 2.12. The van der Waals surface area contributed by atoms with Crippen LogP contribution in [-0.2, 0) is 0 Å². The average Bonchev–Trinajstić information content (AvgIpc) is 2.32. The van der Waals surface area contributed by atoms with Crippen LogP contribution in [0.2, 0.25) is 10.3 Å². The van der Waals surface area contributed by atoms with Gasteiger partial charge in [0.15, 0.2) is 0 Å². The van der Waals surface area contributed by atoms with E-state index in [0.29, 0.717) is 17.4 Å². The van der Waals surface area contributed by atoms with Gasteiger partial charge in [-0.25, -0.2) is 4.98 Å². The Morgan fingerprint density at radius 3 is 2.88 bits per heavy atom. The summed E-state index contributed by atoms with van der Waals surface area (Å²) < 4.78 is 0. The minimum absolute atomic E-state index is 0.168. The molecule has 1 aromatic rings. The first-order chi connectivity index (χ1) is 8.16. The molecule has 2 unspecified atom stereocenters. The van der Waals surface area contributed by atoms with Gasteiger partial charge in [-0.05, 0) is 24.4 Å². The number of aliphatic hydroxyl groups is 1. The molecule has 0 aliphatic heterocycles. The minimum Gasteiger partial charge on any atom is -0.393 e. The van der Waals surface area contributed by atoms with Crippen LogP contribution in [0.25, 0.3) is 0 Å². The van der Waals surface area contributed by atoms with E-state index in [1.165, 1.54) is 12.6 Å². The maximum atomic E-state index is 9.84. The van der Waals surface area contributed by atoms with Crippen LogP contribution >= 0.6 is 23.2 Å². The number of anilines is 1. The van der Waals surface area contributed by atoms with Gasteiger partial charge < -0.3 is 10.4 Å². The first-order valence-corrected chi connectivity index (χ1v) is 6.52. The van der Waals surface area contributed by atoms with Crippen LogP contribution in [0.1, 0.15) is 25.7 Å². The molecule has 0 bridgehead atoms. The zero-order valence-electron chi connectivity index (χ0n) is 9.37. The second kappa shape index (κ2) is 5.85. The van der Waals surface area contributed by atoms with Crippen molar-refractivity contribution in [2.75, 3.05) is 11.9 Å². The van der Waals surface area contributed by atoms with Gasteiger partial charge >= 0.3 is 0 Å². The molecule has 0 saturated heterocycles. The lowest BCUT2D eigenvalue weighted by molar-refractivity contribution is 0.0763. The number of nitrogens with one attached hydrogen (secondary N) is 1. The highest BCUT2D eigenvalue weighted by atomic mass is 35.5. The maximum absolute atomic E-state index is 9.84.